The van der Waals surface area contributed by atoms with Crippen LogP contribution >= 0.6 is 0 Å². The molecule has 0 aliphatic carbocycles. The minimum atomic E-state index is 0. The Morgan fingerprint density at radius 2 is 1.00 bits per heavy atom. The van der Waals surface area contributed by atoms with Crippen molar-refractivity contribution in [3.63, 3.8) is 0 Å². The Morgan fingerprint density at radius 1 is 0.696 bits per heavy atom. The molecule has 2 rings (SSSR count). The topological polar surface area (TPSA) is 40.5 Å². The molecule has 0 heterocycles. The number of para-hydroxylation sites is 2. The van der Waals surface area contributed by atoms with E-state index in [-0.39, 0.29) is 51.0 Å². The maximum Gasteiger partial charge on any atom is 2.00 e. The SMILES string of the molecule is C=CCc1ccccc1O.C=CCc1ccccc1O.[Cl-].[Cl-].[Zr+2]. The van der Waals surface area contributed by atoms with E-state index in [1.165, 1.54) is 0 Å². The maximum absolute atomic E-state index is 9.19. The first-order chi connectivity index (χ1) is 9.69. The van der Waals surface area contributed by atoms with Crippen molar-refractivity contribution in [3.05, 3.63) is 85.0 Å². The van der Waals surface area contributed by atoms with Gasteiger partial charge in [-0.05, 0) is 36.1 Å². The van der Waals surface area contributed by atoms with Crippen molar-refractivity contribution in [1.82, 2.24) is 0 Å². The summed E-state index contributed by atoms with van der Waals surface area (Å²) in [7, 11) is 0. The number of allylic oxidation sites excluding steroid dienone is 2. The normalized spacial score (nSPS) is 8.00. The summed E-state index contributed by atoms with van der Waals surface area (Å²) in [4.78, 5) is 0. The van der Waals surface area contributed by atoms with E-state index in [1.54, 1.807) is 24.3 Å². The summed E-state index contributed by atoms with van der Waals surface area (Å²) in [6.07, 6.45) is 5.00. The summed E-state index contributed by atoms with van der Waals surface area (Å²) >= 11 is 0. The number of phenols is 2. The molecule has 0 radical (unpaired) electrons. The first-order valence-corrected chi connectivity index (χ1v) is 6.44. The number of aromatic hydroxyl groups is 2. The average Bonchev–Trinajstić information content (AvgIpc) is 2.45. The van der Waals surface area contributed by atoms with Gasteiger partial charge in [0.1, 0.15) is 11.5 Å². The van der Waals surface area contributed by atoms with E-state index in [9.17, 15) is 10.2 Å². The molecule has 0 saturated carbocycles. The Bertz CT molecular complexity index is 523. The zero-order valence-electron chi connectivity index (χ0n) is 12.8. The Kier molecular flexibility index (Phi) is 18.5. The van der Waals surface area contributed by atoms with Gasteiger partial charge >= 0.3 is 26.2 Å². The zero-order chi connectivity index (χ0) is 14.8. The van der Waals surface area contributed by atoms with Crippen LogP contribution in [-0.2, 0) is 39.0 Å². The molecule has 0 amide bonds. The van der Waals surface area contributed by atoms with Crippen LogP contribution in [0.15, 0.2) is 73.8 Å². The molecule has 0 unspecified atom stereocenters. The molecule has 2 aromatic carbocycles. The first-order valence-electron chi connectivity index (χ1n) is 6.44. The van der Waals surface area contributed by atoms with Crippen LogP contribution in [0.4, 0.5) is 0 Å². The van der Waals surface area contributed by atoms with Gasteiger partial charge in [0.05, 0.1) is 0 Å². The number of hydrogen-bond donors (Lipinski definition) is 2. The fourth-order valence-electron chi connectivity index (χ4n) is 1.68. The maximum atomic E-state index is 9.19. The van der Waals surface area contributed by atoms with Crippen molar-refractivity contribution in [1.29, 1.82) is 0 Å². The molecule has 2 N–H and O–H groups in total. The van der Waals surface area contributed by atoms with Crippen LogP contribution in [-0.4, -0.2) is 10.2 Å². The monoisotopic (exact) mass is 428 g/mol. The molecule has 5 heteroatoms. The zero-order valence-corrected chi connectivity index (χ0v) is 16.7. The number of hydrogen-bond acceptors (Lipinski definition) is 2. The third-order valence-electron chi connectivity index (χ3n) is 2.71. The summed E-state index contributed by atoms with van der Waals surface area (Å²) in [6, 6.07) is 14.5. The summed E-state index contributed by atoms with van der Waals surface area (Å²) in [5.74, 6) is 0.699. The van der Waals surface area contributed by atoms with Crippen LogP contribution in [0.2, 0.25) is 0 Å². The van der Waals surface area contributed by atoms with E-state index in [0.717, 1.165) is 24.0 Å². The fourth-order valence-corrected chi connectivity index (χ4v) is 1.68. The van der Waals surface area contributed by atoms with Crippen molar-refractivity contribution < 1.29 is 61.2 Å². The van der Waals surface area contributed by atoms with Crippen LogP contribution < -0.4 is 24.8 Å². The van der Waals surface area contributed by atoms with Crippen LogP contribution in [0.25, 0.3) is 0 Å². The molecule has 0 aliphatic heterocycles. The second-order valence-corrected chi connectivity index (χ2v) is 4.24. The molecule has 2 nitrogen and oxygen atoms in total. The summed E-state index contributed by atoms with van der Waals surface area (Å²) < 4.78 is 0. The Balaban J connectivity index is -0.000000308. The quantitative estimate of drug-likeness (QED) is 0.565. The van der Waals surface area contributed by atoms with Gasteiger partial charge in [0.15, 0.2) is 0 Å². The molecule has 0 saturated heterocycles. The molecule has 0 aliphatic rings. The standard InChI is InChI=1S/2C9H10O.2ClH.Zr/c2*1-2-5-8-6-3-4-7-9(8)10;;;/h2*2-4,6-7,10H,1,5H2;2*1H;/q;;;;+2/p-2. The van der Waals surface area contributed by atoms with E-state index in [4.69, 9.17) is 0 Å². The van der Waals surface area contributed by atoms with Crippen LogP contribution in [0.3, 0.4) is 0 Å². The van der Waals surface area contributed by atoms with Gasteiger partial charge in [-0.3, -0.25) is 0 Å². The number of phenolic OH excluding ortho intramolecular Hbond substituents is 2. The van der Waals surface area contributed by atoms with E-state index in [0.29, 0.717) is 11.5 Å². The second kappa shape index (κ2) is 15.9. The molecule has 23 heavy (non-hydrogen) atoms. The average molecular weight is 430 g/mol. The smallest absolute Gasteiger partial charge is 1.00 e. The van der Waals surface area contributed by atoms with Crippen molar-refractivity contribution in [2.75, 3.05) is 0 Å². The van der Waals surface area contributed by atoms with Crippen molar-refractivity contribution >= 4 is 0 Å². The van der Waals surface area contributed by atoms with Crippen molar-refractivity contribution in [3.8, 4) is 11.5 Å². The van der Waals surface area contributed by atoms with Gasteiger partial charge in [-0.1, -0.05) is 48.6 Å². The number of halogens is 2. The van der Waals surface area contributed by atoms with Gasteiger partial charge in [0, 0.05) is 0 Å². The molecule has 122 valence electrons. The number of rotatable bonds is 4. The molecular formula is C18H20Cl2O2Zr. The van der Waals surface area contributed by atoms with E-state index < -0.39 is 0 Å². The molecule has 0 spiro atoms. The summed E-state index contributed by atoms with van der Waals surface area (Å²) in [5, 5.41) is 18.4. The van der Waals surface area contributed by atoms with Gasteiger partial charge in [-0.2, -0.15) is 0 Å². The largest absolute Gasteiger partial charge is 2.00 e. The number of benzene rings is 2. The van der Waals surface area contributed by atoms with Crippen molar-refractivity contribution in [2.24, 2.45) is 0 Å². The van der Waals surface area contributed by atoms with Crippen LogP contribution in [0, 0.1) is 0 Å². The Hall–Kier alpha value is -1.02. The van der Waals surface area contributed by atoms with Gasteiger partial charge in [-0.15, -0.1) is 13.2 Å². The predicted octanol–water partition coefficient (Wildman–Crippen LogP) is -1.75. The Morgan fingerprint density at radius 3 is 1.26 bits per heavy atom. The molecular weight excluding hydrogens is 410 g/mol. The third-order valence-corrected chi connectivity index (χ3v) is 2.71. The first kappa shape index (κ1) is 26.9. The molecule has 0 atom stereocenters. The fraction of sp³-hybridized carbons (Fsp3) is 0.111. The third kappa shape index (κ3) is 10.4. The van der Waals surface area contributed by atoms with Gasteiger partial charge < -0.3 is 35.0 Å². The van der Waals surface area contributed by atoms with Gasteiger partial charge in [-0.25, -0.2) is 0 Å². The van der Waals surface area contributed by atoms with Crippen LogP contribution in [0.5, 0.6) is 11.5 Å². The van der Waals surface area contributed by atoms with Gasteiger partial charge in [0.2, 0.25) is 0 Å². The summed E-state index contributed by atoms with van der Waals surface area (Å²) in [6.45, 7) is 7.17. The molecule has 0 bridgehead atoms. The Labute approximate surface area is 169 Å². The minimum absolute atomic E-state index is 0. The molecule has 2 aromatic rings. The van der Waals surface area contributed by atoms with Crippen molar-refractivity contribution in [2.45, 2.75) is 12.8 Å². The predicted molar refractivity (Wildman–Crippen MR) is 84.0 cm³/mol. The van der Waals surface area contributed by atoms with Gasteiger partial charge in [0.25, 0.3) is 0 Å². The summed E-state index contributed by atoms with van der Waals surface area (Å²) in [5.41, 5.74) is 1.86. The van der Waals surface area contributed by atoms with E-state index in [1.807, 2.05) is 36.4 Å². The second-order valence-electron chi connectivity index (χ2n) is 4.24. The van der Waals surface area contributed by atoms with E-state index >= 15 is 0 Å². The minimum Gasteiger partial charge on any atom is -1.00 e. The van der Waals surface area contributed by atoms with Crippen LogP contribution in [0.1, 0.15) is 11.1 Å². The molecule has 0 fully saturated rings. The van der Waals surface area contributed by atoms with E-state index in [2.05, 4.69) is 13.2 Å². The molecule has 0 aromatic heterocycles.